The van der Waals surface area contributed by atoms with Gasteiger partial charge in [-0.1, -0.05) is 64.1 Å². The van der Waals surface area contributed by atoms with Crippen LogP contribution in [0.1, 0.15) is 86.1 Å². The van der Waals surface area contributed by atoms with E-state index >= 15 is 0 Å². The minimum Gasteiger partial charge on any atom is -0.507 e. The zero-order chi connectivity index (χ0) is 19.6. The summed E-state index contributed by atoms with van der Waals surface area (Å²) in [6.07, 6.45) is 8.41. The maximum absolute atomic E-state index is 10.9. The maximum Gasteiger partial charge on any atom is 0.128 e. The lowest BCUT2D eigenvalue weighted by Gasteiger charge is -2.17. The molecule has 0 amide bonds. The molecule has 2 nitrogen and oxygen atoms in total. The Bertz CT molecular complexity index is 848. The molecule has 0 saturated carbocycles. The Morgan fingerprint density at radius 2 is 1.74 bits per heavy atom. The van der Waals surface area contributed by atoms with Crippen molar-refractivity contribution in [1.82, 2.24) is 0 Å². The van der Waals surface area contributed by atoms with E-state index in [2.05, 4.69) is 71.0 Å². The van der Waals surface area contributed by atoms with Gasteiger partial charge in [-0.3, -0.25) is 4.99 Å². The van der Waals surface area contributed by atoms with Crippen molar-refractivity contribution in [3.05, 3.63) is 70.3 Å². The molecule has 142 valence electrons. The van der Waals surface area contributed by atoms with Crippen molar-refractivity contribution in [2.45, 2.75) is 65.2 Å². The standard InChI is InChI=1S/C25H31NO/c1-16(2)21-11-8-12-22(17(3)4)24(21)26-15-20-13-18(5)14-23(25(20)27)19-9-6-7-10-19/h6,8-9,11-17,19,27H,7,10H2,1-5H3. The highest BCUT2D eigenvalue weighted by molar-refractivity contribution is 5.87. The van der Waals surface area contributed by atoms with Gasteiger partial charge in [0.1, 0.15) is 5.75 Å². The van der Waals surface area contributed by atoms with Gasteiger partial charge < -0.3 is 5.11 Å². The van der Waals surface area contributed by atoms with Crippen LogP contribution in [0.4, 0.5) is 5.69 Å². The average Bonchev–Trinajstić information content (AvgIpc) is 3.16. The first-order chi connectivity index (χ1) is 12.9. The van der Waals surface area contributed by atoms with Gasteiger partial charge in [0.25, 0.3) is 0 Å². The number of hydrogen-bond acceptors (Lipinski definition) is 2. The van der Waals surface area contributed by atoms with E-state index in [1.165, 1.54) is 11.1 Å². The van der Waals surface area contributed by atoms with Crippen LogP contribution in [0.2, 0.25) is 0 Å². The van der Waals surface area contributed by atoms with E-state index in [1.807, 2.05) is 12.3 Å². The Hall–Kier alpha value is -2.35. The topological polar surface area (TPSA) is 32.6 Å². The molecule has 2 heteroatoms. The molecule has 1 unspecified atom stereocenters. The SMILES string of the molecule is Cc1cc(C=Nc2c(C(C)C)cccc2C(C)C)c(O)c(C2C=CCC2)c1. The van der Waals surface area contributed by atoms with Gasteiger partial charge in [-0.2, -0.15) is 0 Å². The van der Waals surface area contributed by atoms with E-state index in [0.717, 1.165) is 35.2 Å². The molecule has 2 aromatic carbocycles. The summed E-state index contributed by atoms with van der Waals surface area (Å²) >= 11 is 0. The van der Waals surface area contributed by atoms with Crippen LogP contribution in [0.25, 0.3) is 0 Å². The van der Waals surface area contributed by atoms with Crippen molar-refractivity contribution in [3.8, 4) is 5.75 Å². The number of benzene rings is 2. The number of hydrogen-bond donors (Lipinski definition) is 1. The fraction of sp³-hybridized carbons (Fsp3) is 0.400. The van der Waals surface area contributed by atoms with Crippen molar-refractivity contribution < 1.29 is 5.11 Å². The number of phenols is 1. The first-order valence-electron chi connectivity index (χ1n) is 10.1. The molecule has 0 aromatic heterocycles. The molecule has 1 aliphatic carbocycles. The molecule has 2 aromatic rings. The number of aryl methyl sites for hydroxylation is 1. The number of aromatic hydroxyl groups is 1. The Balaban J connectivity index is 2.06. The molecule has 0 heterocycles. The highest BCUT2D eigenvalue weighted by Gasteiger charge is 2.18. The van der Waals surface area contributed by atoms with Gasteiger partial charge in [0.05, 0.1) is 5.69 Å². The van der Waals surface area contributed by atoms with Crippen LogP contribution in [0.15, 0.2) is 47.5 Å². The molecule has 27 heavy (non-hydrogen) atoms. The van der Waals surface area contributed by atoms with E-state index < -0.39 is 0 Å². The van der Waals surface area contributed by atoms with Gasteiger partial charge in [-0.05, 0) is 54.4 Å². The fourth-order valence-corrected chi connectivity index (χ4v) is 3.90. The minimum absolute atomic E-state index is 0.311. The summed E-state index contributed by atoms with van der Waals surface area (Å²) in [5.74, 6) is 1.49. The van der Waals surface area contributed by atoms with Crippen molar-refractivity contribution in [2.75, 3.05) is 0 Å². The number of rotatable bonds is 5. The van der Waals surface area contributed by atoms with Gasteiger partial charge in [-0.25, -0.2) is 0 Å². The van der Waals surface area contributed by atoms with Crippen LogP contribution < -0.4 is 0 Å². The lowest BCUT2D eigenvalue weighted by atomic mass is 9.92. The molecule has 0 spiro atoms. The van der Waals surface area contributed by atoms with Gasteiger partial charge in [-0.15, -0.1) is 0 Å². The summed E-state index contributed by atoms with van der Waals surface area (Å²) < 4.78 is 0. The van der Waals surface area contributed by atoms with Crippen LogP contribution in [-0.4, -0.2) is 11.3 Å². The maximum atomic E-state index is 10.9. The molecule has 1 N–H and O–H groups in total. The van der Waals surface area contributed by atoms with E-state index in [9.17, 15) is 5.11 Å². The number of allylic oxidation sites excluding steroid dienone is 2. The molecule has 3 rings (SSSR count). The molecular formula is C25H31NO. The van der Waals surface area contributed by atoms with E-state index in [1.54, 1.807) is 0 Å². The number of para-hydroxylation sites is 1. The third-order valence-electron chi connectivity index (χ3n) is 5.40. The summed E-state index contributed by atoms with van der Waals surface area (Å²) in [6, 6.07) is 10.6. The van der Waals surface area contributed by atoms with Crippen LogP contribution >= 0.6 is 0 Å². The highest BCUT2D eigenvalue weighted by Crippen LogP contribution is 2.38. The number of nitrogens with zero attached hydrogens (tertiary/aromatic N) is 1. The van der Waals surface area contributed by atoms with Crippen LogP contribution in [-0.2, 0) is 0 Å². The average molecular weight is 362 g/mol. The van der Waals surface area contributed by atoms with Crippen molar-refractivity contribution >= 4 is 11.9 Å². The second kappa shape index (κ2) is 8.12. The molecule has 0 fully saturated rings. The molecule has 0 radical (unpaired) electrons. The van der Waals surface area contributed by atoms with Crippen molar-refractivity contribution in [3.63, 3.8) is 0 Å². The quantitative estimate of drug-likeness (QED) is 0.446. The van der Waals surface area contributed by atoms with E-state index in [0.29, 0.717) is 23.5 Å². The summed E-state index contributed by atoms with van der Waals surface area (Å²) in [4.78, 5) is 4.89. The highest BCUT2D eigenvalue weighted by atomic mass is 16.3. The summed E-state index contributed by atoms with van der Waals surface area (Å²) in [5.41, 5.74) is 6.54. The summed E-state index contributed by atoms with van der Waals surface area (Å²) in [5, 5.41) is 10.9. The fourth-order valence-electron chi connectivity index (χ4n) is 3.90. The van der Waals surface area contributed by atoms with Gasteiger partial charge in [0.2, 0.25) is 0 Å². The third-order valence-corrected chi connectivity index (χ3v) is 5.40. The first-order valence-corrected chi connectivity index (χ1v) is 10.1. The zero-order valence-electron chi connectivity index (χ0n) is 17.2. The van der Waals surface area contributed by atoms with Gasteiger partial charge in [0.15, 0.2) is 0 Å². The molecule has 1 atom stereocenters. The Morgan fingerprint density at radius 3 is 2.30 bits per heavy atom. The van der Waals surface area contributed by atoms with Gasteiger partial charge in [0, 0.05) is 23.3 Å². The van der Waals surface area contributed by atoms with Crippen LogP contribution in [0.3, 0.4) is 0 Å². The van der Waals surface area contributed by atoms with Crippen molar-refractivity contribution in [2.24, 2.45) is 4.99 Å². The second-order valence-corrected chi connectivity index (χ2v) is 8.26. The molecule has 0 saturated heterocycles. The molecular weight excluding hydrogens is 330 g/mol. The predicted molar refractivity (Wildman–Crippen MR) is 116 cm³/mol. The summed E-state index contributed by atoms with van der Waals surface area (Å²) in [7, 11) is 0. The normalized spacial score (nSPS) is 16.9. The van der Waals surface area contributed by atoms with E-state index in [4.69, 9.17) is 4.99 Å². The lowest BCUT2D eigenvalue weighted by molar-refractivity contribution is 0.464. The lowest BCUT2D eigenvalue weighted by Crippen LogP contribution is -1.98. The van der Waals surface area contributed by atoms with E-state index in [-0.39, 0.29) is 0 Å². The Labute approximate surface area is 163 Å². The monoisotopic (exact) mass is 361 g/mol. The third kappa shape index (κ3) is 4.16. The number of aliphatic imine (C=N–C) groups is 1. The van der Waals surface area contributed by atoms with Gasteiger partial charge >= 0.3 is 0 Å². The predicted octanol–water partition coefficient (Wildman–Crippen LogP) is 7.13. The molecule has 0 bridgehead atoms. The molecule has 1 aliphatic rings. The Morgan fingerprint density at radius 1 is 1.07 bits per heavy atom. The Kier molecular flexibility index (Phi) is 5.84. The van der Waals surface area contributed by atoms with Crippen LogP contribution in [0, 0.1) is 6.92 Å². The smallest absolute Gasteiger partial charge is 0.128 e. The second-order valence-electron chi connectivity index (χ2n) is 8.26. The zero-order valence-corrected chi connectivity index (χ0v) is 17.2. The molecule has 0 aliphatic heterocycles. The minimum atomic E-state index is 0.311. The van der Waals surface area contributed by atoms with Crippen LogP contribution in [0.5, 0.6) is 5.75 Å². The van der Waals surface area contributed by atoms with Crippen molar-refractivity contribution in [1.29, 1.82) is 0 Å². The summed E-state index contributed by atoms with van der Waals surface area (Å²) in [6.45, 7) is 10.9. The number of phenolic OH excluding ortho intramolecular Hbond substituents is 1. The largest absolute Gasteiger partial charge is 0.507 e. The first kappa shape index (κ1) is 19.4.